The van der Waals surface area contributed by atoms with Crippen molar-refractivity contribution in [3.63, 3.8) is 0 Å². The summed E-state index contributed by atoms with van der Waals surface area (Å²) in [6.07, 6.45) is -0.910. The molecule has 0 saturated heterocycles. The average Bonchev–Trinajstić information content (AvgIpc) is 3.07. The van der Waals surface area contributed by atoms with Crippen LogP contribution in [0.25, 0.3) is 11.4 Å². The van der Waals surface area contributed by atoms with Crippen LogP contribution in [0.15, 0.2) is 36.4 Å². The quantitative estimate of drug-likeness (QED) is 0.552. The van der Waals surface area contributed by atoms with Gasteiger partial charge in [-0.15, -0.1) is 5.10 Å². The lowest BCUT2D eigenvalue weighted by Crippen LogP contribution is -2.20. The molecular weight excluding hydrogens is 439 g/mol. The normalized spacial score (nSPS) is 12.3. The Morgan fingerprint density at radius 3 is 2.62 bits per heavy atom. The third-order valence-corrected chi connectivity index (χ3v) is 5.07. The molecule has 2 N–H and O–H groups in total. The van der Waals surface area contributed by atoms with Crippen LogP contribution < -0.4 is 10.0 Å². The fourth-order valence-corrected chi connectivity index (χ4v) is 3.60. The van der Waals surface area contributed by atoms with Gasteiger partial charge < -0.3 is 4.74 Å². The number of alkyl halides is 1. The van der Waals surface area contributed by atoms with E-state index >= 15 is 0 Å². The van der Waals surface area contributed by atoms with Gasteiger partial charge in [0.1, 0.15) is 6.67 Å². The molecular formula is C20H23FN6O4S. The van der Waals surface area contributed by atoms with E-state index in [1.807, 2.05) is 13.0 Å². The van der Waals surface area contributed by atoms with E-state index in [0.29, 0.717) is 22.6 Å². The highest BCUT2D eigenvalue weighted by Crippen LogP contribution is 2.27. The van der Waals surface area contributed by atoms with Crippen LogP contribution in [-0.2, 0) is 21.8 Å². The van der Waals surface area contributed by atoms with Crippen LogP contribution >= 0.6 is 0 Å². The van der Waals surface area contributed by atoms with E-state index in [-0.39, 0.29) is 11.5 Å². The number of hydrogen-bond acceptors (Lipinski definition) is 7. The molecule has 3 rings (SSSR count). The number of anilines is 2. The summed E-state index contributed by atoms with van der Waals surface area (Å²) in [6, 6.07) is 10.1. The number of nitrogens with zero attached hydrogens (tertiary/aromatic N) is 4. The summed E-state index contributed by atoms with van der Waals surface area (Å²) in [4.78, 5) is 16.8. The SMILES string of the molecule is Cc1cccc([C@@H](CF)OC(=O)Nc2c(-c3ccc(NS(C)(=O)=O)c(C)n3)nnn2C)c1. The Balaban J connectivity index is 1.81. The molecule has 0 fully saturated rings. The molecule has 1 amide bonds. The molecule has 0 bridgehead atoms. The zero-order valence-electron chi connectivity index (χ0n) is 18.0. The standard InChI is InChI=1S/C20H23FN6O4S/c1-12-6-5-7-14(10-12)17(11-21)31-20(28)23-19-18(24-26-27(19)3)16-9-8-15(13(2)22-16)25-32(4,29)30/h5-10,17,25H,11H2,1-4H3,(H,23,28)/t17-/m1/s1. The van der Waals surface area contributed by atoms with E-state index in [0.717, 1.165) is 11.8 Å². The molecule has 0 saturated carbocycles. The van der Waals surface area contributed by atoms with Gasteiger partial charge in [0, 0.05) is 7.05 Å². The van der Waals surface area contributed by atoms with Gasteiger partial charge in [0.15, 0.2) is 17.6 Å². The Morgan fingerprint density at radius 2 is 2.00 bits per heavy atom. The number of amides is 1. The number of sulfonamides is 1. The number of aromatic nitrogens is 4. The lowest BCUT2D eigenvalue weighted by atomic mass is 10.1. The second-order valence-corrected chi connectivity index (χ2v) is 8.95. The fraction of sp³-hybridized carbons (Fsp3) is 0.300. The first-order valence-corrected chi connectivity index (χ1v) is 11.4. The highest BCUT2D eigenvalue weighted by molar-refractivity contribution is 7.92. The largest absolute Gasteiger partial charge is 0.438 e. The second kappa shape index (κ2) is 9.30. The van der Waals surface area contributed by atoms with Gasteiger partial charge >= 0.3 is 6.09 Å². The van der Waals surface area contributed by atoms with Crippen LogP contribution in [0.4, 0.5) is 20.7 Å². The fourth-order valence-electron chi connectivity index (χ4n) is 2.98. The van der Waals surface area contributed by atoms with E-state index in [1.54, 1.807) is 32.2 Å². The molecule has 0 radical (unpaired) electrons. The molecule has 12 heteroatoms. The Labute approximate surface area is 184 Å². The lowest BCUT2D eigenvalue weighted by Gasteiger charge is -2.16. The van der Waals surface area contributed by atoms with Crippen LogP contribution in [0.5, 0.6) is 0 Å². The van der Waals surface area contributed by atoms with Gasteiger partial charge in [0.2, 0.25) is 10.0 Å². The lowest BCUT2D eigenvalue weighted by molar-refractivity contribution is 0.0928. The summed E-state index contributed by atoms with van der Waals surface area (Å²) in [6.45, 7) is 2.60. The predicted molar refractivity (Wildman–Crippen MR) is 117 cm³/mol. The minimum Gasteiger partial charge on any atom is -0.438 e. The molecule has 1 aromatic carbocycles. The van der Waals surface area contributed by atoms with Crippen molar-refractivity contribution in [2.24, 2.45) is 7.05 Å². The summed E-state index contributed by atoms with van der Waals surface area (Å²) in [5.74, 6) is 0.188. The number of benzene rings is 1. The highest BCUT2D eigenvalue weighted by Gasteiger charge is 2.22. The second-order valence-electron chi connectivity index (χ2n) is 7.20. The molecule has 0 aliphatic heterocycles. The molecule has 0 aliphatic rings. The van der Waals surface area contributed by atoms with Gasteiger partial charge in [-0.1, -0.05) is 35.0 Å². The van der Waals surface area contributed by atoms with Gasteiger partial charge in [0.05, 0.1) is 23.3 Å². The average molecular weight is 463 g/mol. The first-order valence-electron chi connectivity index (χ1n) is 9.53. The van der Waals surface area contributed by atoms with Gasteiger partial charge in [-0.3, -0.25) is 10.0 Å². The molecule has 170 valence electrons. The van der Waals surface area contributed by atoms with Gasteiger partial charge in [-0.05, 0) is 31.5 Å². The maximum absolute atomic E-state index is 13.5. The molecule has 3 aromatic rings. The third-order valence-electron chi connectivity index (χ3n) is 4.47. The van der Waals surface area contributed by atoms with Crippen LogP contribution in [-0.4, -0.2) is 47.4 Å². The summed E-state index contributed by atoms with van der Waals surface area (Å²) in [7, 11) is -1.90. The number of carbonyl (C=O) groups excluding carboxylic acids is 1. The first-order chi connectivity index (χ1) is 15.1. The highest BCUT2D eigenvalue weighted by atomic mass is 32.2. The molecule has 10 nitrogen and oxygen atoms in total. The summed E-state index contributed by atoms with van der Waals surface area (Å²) >= 11 is 0. The monoisotopic (exact) mass is 462 g/mol. The van der Waals surface area contributed by atoms with Crippen molar-refractivity contribution >= 4 is 27.6 Å². The minimum atomic E-state index is -3.46. The molecule has 2 aromatic heterocycles. The van der Waals surface area contributed by atoms with E-state index in [1.165, 1.54) is 16.8 Å². The van der Waals surface area contributed by atoms with Crippen molar-refractivity contribution in [2.75, 3.05) is 23.0 Å². The van der Waals surface area contributed by atoms with Crippen LogP contribution in [0.2, 0.25) is 0 Å². The van der Waals surface area contributed by atoms with Crippen LogP contribution in [0, 0.1) is 13.8 Å². The van der Waals surface area contributed by atoms with Crippen LogP contribution in [0.3, 0.4) is 0 Å². The zero-order chi connectivity index (χ0) is 23.5. The number of ether oxygens (including phenoxy) is 1. The minimum absolute atomic E-state index is 0.188. The smallest absolute Gasteiger partial charge is 0.413 e. The number of hydrogen-bond donors (Lipinski definition) is 2. The first kappa shape index (κ1) is 23.1. The Kier molecular flexibility index (Phi) is 6.72. The maximum atomic E-state index is 13.5. The van der Waals surface area contributed by atoms with Gasteiger partial charge in [0.25, 0.3) is 0 Å². The topological polar surface area (TPSA) is 128 Å². The summed E-state index contributed by atoms with van der Waals surface area (Å²) in [5, 5.41) is 10.5. The number of carbonyl (C=O) groups is 1. The van der Waals surface area contributed by atoms with Crippen molar-refractivity contribution in [2.45, 2.75) is 20.0 Å². The molecule has 2 heterocycles. The van der Waals surface area contributed by atoms with Crippen molar-refractivity contribution in [1.82, 2.24) is 20.0 Å². The van der Waals surface area contributed by atoms with Gasteiger partial charge in [-0.25, -0.2) is 27.3 Å². The predicted octanol–water partition coefficient (Wildman–Crippen LogP) is 3.12. The van der Waals surface area contributed by atoms with Crippen molar-refractivity contribution in [1.29, 1.82) is 0 Å². The summed E-state index contributed by atoms with van der Waals surface area (Å²) in [5.41, 5.74) is 2.77. The van der Waals surface area contributed by atoms with Crippen LogP contribution in [0.1, 0.15) is 22.9 Å². The third kappa shape index (κ3) is 5.58. The molecule has 0 spiro atoms. The van der Waals surface area contributed by atoms with Gasteiger partial charge in [-0.2, -0.15) is 0 Å². The molecule has 1 atom stereocenters. The number of nitrogens with one attached hydrogen (secondary N) is 2. The van der Waals surface area contributed by atoms with Crippen molar-refractivity contribution in [3.05, 3.63) is 53.2 Å². The maximum Gasteiger partial charge on any atom is 0.413 e. The van der Waals surface area contributed by atoms with E-state index < -0.39 is 28.9 Å². The summed E-state index contributed by atoms with van der Waals surface area (Å²) < 4.78 is 45.4. The molecule has 32 heavy (non-hydrogen) atoms. The Hall–Kier alpha value is -3.54. The van der Waals surface area contributed by atoms with E-state index in [4.69, 9.17) is 4.74 Å². The number of rotatable bonds is 7. The number of halogens is 1. The number of aryl methyl sites for hydroxylation is 3. The Bertz CT molecular complexity index is 1240. The molecule has 0 unspecified atom stereocenters. The number of pyridine rings is 1. The Morgan fingerprint density at radius 1 is 1.25 bits per heavy atom. The van der Waals surface area contributed by atoms with Crippen molar-refractivity contribution in [3.8, 4) is 11.4 Å². The van der Waals surface area contributed by atoms with Crippen molar-refractivity contribution < 1.29 is 22.3 Å². The zero-order valence-corrected chi connectivity index (χ0v) is 18.8. The van der Waals surface area contributed by atoms with E-state index in [2.05, 4.69) is 25.3 Å². The van der Waals surface area contributed by atoms with E-state index in [9.17, 15) is 17.6 Å². The molecule has 0 aliphatic carbocycles.